The van der Waals surface area contributed by atoms with E-state index in [2.05, 4.69) is 29.8 Å². The van der Waals surface area contributed by atoms with Crippen LogP contribution in [0.15, 0.2) is 40.4 Å². The number of aliphatic hydroxyl groups excluding tert-OH is 2. The van der Waals surface area contributed by atoms with Crippen LogP contribution in [0, 0.1) is 34.5 Å². The summed E-state index contributed by atoms with van der Waals surface area (Å²) >= 11 is 3.26. The molecule has 196 valence electrons. The molecule has 3 saturated carbocycles. The minimum absolute atomic E-state index is 0.0541. The first-order valence-electron chi connectivity index (χ1n) is 13.0. The average Bonchev–Trinajstić information content (AvgIpc) is 3.17. The molecule has 4 aliphatic rings. The number of carboxylic acid groups (broad SMARTS) is 1. The Morgan fingerprint density at radius 1 is 1.08 bits per heavy atom. The SMILES string of the molecule is CC12CCC(=O)C=C1CCC1C2C(O)CC2(C)C(C(=O)CO)CCC12.O=C(O)Cc1ccc(Br)cc1. The average molecular weight is 562 g/mol. The lowest BCUT2D eigenvalue weighted by molar-refractivity contribution is -0.146. The molecule has 7 unspecified atom stereocenters. The molecule has 36 heavy (non-hydrogen) atoms. The lowest BCUT2D eigenvalue weighted by atomic mass is 9.46. The normalized spacial score (nSPS) is 37.0. The highest BCUT2D eigenvalue weighted by atomic mass is 79.9. The molecule has 7 atom stereocenters. The molecule has 0 saturated heterocycles. The van der Waals surface area contributed by atoms with Crippen molar-refractivity contribution in [2.75, 3.05) is 6.61 Å². The Morgan fingerprint density at radius 3 is 2.42 bits per heavy atom. The third-order valence-electron chi connectivity index (χ3n) is 9.71. The molecule has 5 rings (SSSR count). The second kappa shape index (κ2) is 10.5. The van der Waals surface area contributed by atoms with Crippen molar-refractivity contribution in [3.63, 3.8) is 0 Å². The summed E-state index contributed by atoms with van der Waals surface area (Å²) in [7, 11) is 0. The van der Waals surface area contributed by atoms with E-state index in [9.17, 15) is 24.6 Å². The van der Waals surface area contributed by atoms with Gasteiger partial charge in [0.05, 0.1) is 12.5 Å². The molecule has 0 radical (unpaired) electrons. The molecule has 7 heteroatoms. The Kier molecular flexibility index (Phi) is 7.94. The van der Waals surface area contributed by atoms with Gasteiger partial charge in [0, 0.05) is 16.8 Å². The fraction of sp³-hybridized carbons (Fsp3) is 0.621. The molecular weight excluding hydrogens is 524 g/mol. The fourth-order valence-corrected chi connectivity index (χ4v) is 8.37. The van der Waals surface area contributed by atoms with Gasteiger partial charge in [0.1, 0.15) is 6.61 Å². The number of aliphatic carboxylic acids is 1. The smallest absolute Gasteiger partial charge is 0.307 e. The van der Waals surface area contributed by atoms with Crippen LogP contribution in [0.4, 0.5) is 0 Å². The number of Topliss-reactive ketones (excluding diaryl/α,β-unsaturated/α-hetero) is 1. The number of carbonyl (C=O) groups is 3. The number of ketones is 2. The zero-order valence-corrected chi connectivity index (χ0v) is 22.7. The van der Waals surface area contributed by atoms with E-state index in [1.165, 1.54) is 5.57 Å². The summed E-state index contributed by atoms with van der Waals surface area (Å²) in [5.74, 6) is 0.319. The van der Waals surface area contributed by atoms with Crippen molar-refractivity contribution in [3.8, 4) is 0 Å². The van der Waals surface area contributed by atoms with Crippen LogP contribution in [0.25, 0.3) is 0 Å². The molecule has 0 amide bonds. The summed E-state index contributed by atoms with van der Waals surface area (Å²) in [5, 5.41) is 29.0. The number of hydrogen-bond acceptors (Lipinski definition) is 5. The summed E-state index contributed by atoms with van der Waals surface area (Å²) < 4.78 is 0.964. The molecule has 4 aliphatic carbocycles. The maximum absolute atomic E-state index is 12.3. The van der Waals surface area contributed by atoms with E-state index in [0.29, 0.717) is 24.7 Å². The predicted molar refractivity (Wildman–Crippen MR) is 139 cm³/mol. The lowest BCUT2D eigenvalue weighted by Gasteiger charge is -2.59. The van der Waals surface area contributed by atoms with Crippen molar-refractivity contribution in [3.05, 3.63) is 46.0 Å². The molecule has 6 nitrogen and oxygen atoms in total. The summed E-state index contributed by atoms with van der Waals surface area (Å²) in [6, 6.07) is 7.24. The minimum atomic E-state index is -0.799. The second-order valence-corrected chi connectivity index (χ2v) is 12.5. The highest BCUT2D eigenvalue weighted by Crippen LogP contribution is 2.66. The van der Waals surface area contributed by atoms with Gasteiger partial charge >= 0.3 is 5.97 Å². The molecule has 3 N–H and O–H groups in total. The number of aliphatic hydroxyl groups is 2. The summed E-state index contributed by atoms with van der Waals surface area (Å²) in [5.41, 5.74) is 1.80. The monoisotopic (exact) mass is 560 g/mol. The Balaban J connectivity index is 0.000000233. The first kappa shape index (κ1) is 27.2. The molecule has 3 fully saturated rings. The van der Waals surface area contributed by atoms with Gasteiger partial charge in [0.25, 0.3) is 0 Å². The van der Waals surface area contributed by atoms with E-state index in [1.54, 1.807) is 12.1 Å². The summed E-state index contributed by atoms with van der Waals surface area (Å²) in [6.07, 6.45) is 7.41. The van der Waals surface area contributed by atoms with Crippen molar-refractivity contribution in [1.29, 1.82) is 0 Å². The highest BCUT2D eigenvalue weighted by molar-refractivity contribution is 9.10. The Hall–Kier alpha value is -1.83. The van der Waals surface area contributed by atoms with Crippen LogP contribution in [-0.4, -0.2) is 45.6 Å². The number of carboxylic acids is 1. The third kappa shape index (κ3) is 4.99. The standard InChI is InChI=1S/C21H30O4.C8H7BrO2/c1-20-8-7-13(23)9-12(20)3-4-14-15-5-6-16(18(25)11-22)21(15,2)10-17(24)19(14)20;9-7-3-1-6(2-4-7)5-8(10)11/h9,14-17,19,22,24H,3-8,10-11H2,1-2H3;1-4H,5H2,(H,10,11). The number of rotatable bonds is 4. The number of halogens is 1. The van der Waals surface area contributed by atoms with Crippen LogP contribution in [0.1, 0.15) is 64.4 Å². The topological polar surface area (TPSA) is 112 Å². The van der Waals surface area contributed by atoms with Gasteiger partial charge in [-0.2, -0.15) is 0 Å². The zero-order valence-electron chi connectivity index (χ0n) is 21.1. The van der Waals surface area contributed by atoms with Gasteiger partial charge in [-0.3, -0.25) is 14.4 Å². The Labute approximate surface area is 221 Å². The van der Waals surface area contributed by atoms with Crippen LogP contribution < -0.4 is 0 Å². The molecule has 0 aromatic heterocycles. The van der Waals surface area contributed by atoms with Crippen LogP contribution in [0.3, 0.4) is 0 Å². The zero-order chi connectivity index (χ0) is 26.3. The van der Waals surface area contributed by atoms with E-state index in [4.69, 9.17) is 5.11 Å². The number of carbonyl (C=O) groups excluding carboxylic acids is 2. The van der Waals surface area contributed by atoms with Gasteiger partial charge in [-0.1, -0.05) is 47.5 Å². The van der Waals surface area contributed by atoms with Crippen LogP contribution >= 0.6 is 15.9 Å². The van der Waals surface area contributed by atoms with E-state index < -0.39 is 12.1 Å². The van der Waals surface area contributed by atoms with Crippen LogP contribution in [-0.2, 0) is 20.8 Å². The van der Waals surface area contributed by atoms with Gasteiger partial charge in [0.2, 0.25) is 0 Å². The molecule has 0 aliphatic heterocycles. The molecule has 0 bridgehead atoms. The number of hydrogen-bond donors (Lipinski definition) is 3. The minimum Gasteiger partial charge on any atom is -0.481 e. The lowest BCUT2D eigenvalue weighted by Crippen LogP contribution is -2.57. The first-order chi connectivity index (χ1) is 17.0. The maximum Gasteiger partial charge on any atom is 0.307 e. The van der Waals surface area contributed by atoms with Gasteiger partial charge in [-0.05, 0) is 90.9 Å². The molecule has 1 aromatic rings. The van der Waals surface area contributed by atoms with Crippen molar-refractivity contribution in [2.24, 2.45) is 34.5 Å². The number of fused-ring (bicyclic) bond motifs is 5. The summed E-state index contributed by atoms with van der Waals surface area (Å²) in [4.78, 5) is 34.4. The van der Waals surface area contributed by atoms with Crippen molar-refractivity contribution in [2.45, 2.75) is 71.3 Å². The van der Waals surface area contributed by atoms with Gasteiger partial charge < -0.3 is 15.3 Å². The molecule has 1 aromatic carbocycles. The third-order valence-corrected chi connectivity index (χ3v) is 10.2. The largest absolute Gasteiger partial charge is 0.481 e. The summed E-state index contributed by atoms with van der Waals surface area (Å²) in [6.45, 7) is 4.03. The van der Waals surface area contributed by atoms with E-state index in [1.807, 2.05) is 18.2 Å². The molecular formula is C29H37BrO6. The predicted octanol–water partition coefficient (Wildman–Crippen LogP) is 4.74. The van der Waals surface area contributed by atoms with Crippen molar-refractivity contribution >= 4 is 33.5 Å². The maximum atomic E-state index is 12.3. The van der Waals surface area contributed by atoms with Crippen LogP contribution in [0.5, 0.6) is 0 Å². The van der Waals surface area contributed by atoms with E-state index in [-0.39, 0.29) is 47.3 Å². The molecule has 0 spiro atoms. The van der Waals surface area contributed by atoms with E-state index in [0.717, 1.165) is 42.1 Å². The number of benzene rings is 1. The Bertz CT molecular complexity index is 1050. The quantitative estimate of drug-likeness (QED) is 0.490. The van der Waals surface area contributed by atoms with E-state index >= 15 is 0 Å². The van der Waals surface area contributed by atoms with Gasteiger partial charge in [-0.15, -0.1) is 0 Å². The van der Waals surface area contributed by atoms with Gasteiger partial charge in [-0.25, -0.2) is 0 Å². The van der Waals surface area contributed by atoms with Crippen molar-refractivity contribution in [1.82, 2.24) is 0 Å². The highest BCUT2D eigenvalue weighted by Gasteiger charge is 2.62. The fourth-order valence-electron chi connectivity index (χ4n) is 8.10. The van der Waals surface area contributed by atoms with Gasteiger partial charge in [0.15, 0.2) is 11.6 Å². The Morgan fingerprint density at radius 2 is 1.78 bits per heavy atom. The molecule has 0 heterocycles. The van der Waals surface area contributed by atoms with Crippen molar-refractivity contribution < 1.29 is 29.7 Å². The number of allylic oxidation sites excluding steroid dienone is 1. The first-order valence-corrected chi connectivity index (χ1v) is 13.8. The second-order valence-electron chi connectivity index (χ2n) is 11.6. The van der Waals surface area contributed by atoms with Crippen LogP contribution in [0.2, 0.25) is 0 Å².